The Hall–Kier alpha value is -1.48. The van der Waals surface area contributed by atoms with E-state index in [1.807, 2.05) is 24.3 Å². The third-order valence-electron chi connectivity index (χ3n) is 2.18. The molecule has 4 heteroatoms. The summed E-state index contributed by atoms with van der Waals surface area (Å²) in [5.74, 6) is 1.05. The number of ether oxygens (including phenoxy) is 1. The molecule has 0 unspecified atom stereocenters. The summed E-state index contributed by atoms with van der Waals surface area (Å²) in [6.45, 7) is 2.09. The Kier molecular flexibility index (Phi) is 3.47. The summed E-state index contributed by atoms with van der Waals surface area (Å²) in [6.07, 6.45) is 2.69. The molecule has 1 aromatic heterocycles. The van der Waals surface area contributed by atoms with E-state index in [0.717, 1.165) is 12.2 Å². The van der Waals surface area contributed by atoms with E-state index in [0.29, 0.717) is 11.6 Å². The highest BCUT2D eigenvalue weighted by Gasteiger charge is 2.05. The van der Waals surface area contributed by atoms with Gasteiger partial charge in [0.15, 0.2) is 0 Å². The van der Waals surface area contributed by atoms with Gasteiger partial charge < -0.3 is 9.15 Å². The van der Waals surface area contributed by atoms with Crippen LogP contribution in [0.5, 0.6) is 11.8 Å². The molecule has 0 N–H and O–H groups in total. The number of hydrogen-bond acceptors (Lipinski definition) is 3. The van der Waals surface area contributed by atoms with Crippen molar-refractivity contribution in [3.8, 4) is 11.8 Å². The van der Waals surface area contributed by atoms with Crippen LogP contribution in [-0.2, 0) is 12.3 Å². The third-order valence-corrected chi connectivity index (χ3v) is 2.45. The molecule has 1 aromatic carbocycles. The number of aryl methyl sites for hydroxylation is 1. The van der Waals surface area contributed by atoms with Crippen LogP contribution in [0.25, 0.3) is 0 Å². The van der Waals surface area contributed by atoms with Crippen molar-refractivity contribution >= 4 is 11.6 Å². The molecule has 0 atom stereocenters. The summed E-state index contributed by atoms with van der Waals surface area (Å²) in [6, 6.07) is 7.82. The lowest BCUT2D eigenvalue weighted by molar-refractivity contribution is 0.330. The smallest absolute Gasteiger partial charge is 0.399 e. The average Bonchev–Trinajstić information content (AvgIpc) is 2.77. The molecule has 2 aromatic rings. The Morgan fingerprint density at radius 2 is 2.31 bits per heavy atom. The Labute approximate surface area is 99.0 Å². The molecule has 16 heavy (non-hydrogen) atoms. The van der Waals surface area contributed by atoms with Crippen molar-refractivity contribution in [2.45, 2.75) is 19.2 Å². The fraction of sp³-hybridized carbons (Fsp3) is 0.250. The van der Waals surface area contributed by atoms with E-state index < -0.39 is 0 Å². The maximum absolute atomic E-state index is 5.61. The third kappa shape index (κ3) is 2.55. The molecular formula is C12H12ClNO2. The largest absolute Gasteiger partial charge is 0.417 e. The van der Waals surface area contributed by atoms with Gasteiger partial charge in [-0.05, 0) is 24.1 Å². The van der Waals surface area contributed by atoms with Crippen molar-refractivity contribution in [2.75, 3.05) is 0 Å². The van der Waals surface area contributed by atoms with Crippen LogP contribution in [0.15, 0.2) is 34.9 Å². The molecule has 0 aliphatic rings. The number of aromatic nitrogens is 1. The predicted molar refractivity (Wildman–Crippen MR) is 62.0 cm³/mol. The summed E-state index contributed by atoms with van der Waals surface area (Å²) in [4.78, 5) is 4.06. The van der Waals surface area contributed by atoms with Crippen LogP contribution < -0.4 is 4.74 Å². The first kappa shape index (κ1) is 11.0. The number of alkyl halides is 1. The van der Waals surface area contributed by atoms with Crippen LogP contribution in [0.3, 0.4) is 0 Å². The molecule has 0 aliphatic carbocycles. The standard InChI is InChI=1S/C12H12ClNO2/c1-2-9-4-3-5-11(6-9)16-12-14-10(7-13)8-15-12/h3-6,8H,2,7H2,1H3. The van der Waals surface area contributed by atoms with E-state index in [1.165, 1.54) is 11.8 Å². The van der Waals surface area contributed by atoms with Gasteiger partial charge >= 0.3 is 6.08 Å². The minimum Gasteiger partial charge on any atom is -0.417 e. The van der Waals surface area contributed by atoms with Crippen molar-refractivity contribution in [3.05, 3.63) is 41.8 Å². The zero-order valence-corrected chi connectivity index (χ0v) is 9.70. The molecule has 3 nitrogen and oxygen atoms in total. The van der Waals surface area contributed by atoms with Gasteiger partial charge in [0.05, 0.1) is 11.6 Å². The van der Waals surface area contributed by atoms with E-state index in [1.54, 1.807) is 0 Å². The fourth-order valence-electron chi connectivity index (χ4n) is 1.33. The van der Waals surface area contributed by atoms with E-state index in [2.05, 4.69) is 11.9 Å². The predicted octanol–water partition coefficient (Wildman–Crippen LogP) is 3.77. The number of oxazole rings is 1. The number of benzene rings is 1. The van der Waals surface area contributed by atoms with Crippen molar-refractivity contribution < 1.29 is 9.15 Å². The molecule has 0 amide bonds. The first-order chi connectivity index (χ1) is 7.81. The number of rotatable bonds is 4. The van der Waals surface area contributed by atoms with Crippen LogP contribution in [-0.4, -0.2) is 4.98 Å². The van der Waals surface area contributed by atoms with Crippen LogP contribution in [0.4, 0.5) is 0 Å². The van der Waals surface area contributed by atoms with E-state index in [-0.39, 0.29) is 6.08 Å². The van der Waals surface area contributed by atoms with Gasteiger partial charge in [0.2, 0.25) is 0 Å². The lowest BCUT2D eigenvalue weighted by Crippen LogP contribution is -1.86. The van der Waals surface area contributed by atoms with Crippen molar-refractivity contribution in [3.63, 3.8) is 0 Å². The van der Waals surface area contributed by atoms with Crippen LogP contribution in [0, 0.1) is 0 Å². The normalized spacial score (nSPS) is 10.4. The average molecular weight is 238 g/mol. The Morgan fingerprint density at radius 1 is 1.44 bits per heavy atom. The first-order valence-corrected chi connectivity index (χ1v) is 5.62. The van der Waals surface area contributed by atoms with Gasteiger partial charge in [-0.3, -0.25) is 0 Å². The van der Waals surface area contributed by atoms with Crippen LogP contribution in [0.2, 0.25) is 0 Å². The van der Waals surface area contributed by atoms with E-state index in [9.17, 15) is 0 Å². The highest BCUT2D eigenvalue weighted by molar-refractivity contribution is 6.16. The summed E-state index contributed by atoms with van der Waals surface area (Å²) < 4.78 is 10.6. The molecule has 1 heterocycles. The first-order valence-electron chi connectivity index (χ1n) is 5.09. The van der Waals surface area contributed by atoms with Crippen LogP contribution in [0.1, 0.15) is 18.2 Å². The fourth-order valence-corrected chi connectivity index (χ4v) is 1.45. The zero-order valence-electron chi connectivity index (χ0n) is 8.94. The lowest BCUT2D eigenvalue weighted by atomic mass is 10.2. The second-order valence-electron chi connectivity index (χ2n) is 3.34. The molecule has 2 rings (SSSR count). The number of nitrogens with zero attached hydrogens (tertiary/aromatic N) is 1. The topological polar surface area (TPSA) is 35.3 Å². The molecule has 0 saturated carbocycles. The molecule has 0 radical (unpaired) electrons. The zero-order chi connectivity index (χ0) is 11.4. The maximum Gasteiger partial charge on any atom is 0.399 e. The van der Waals surface area contributed by atoms with E-state index in [4.69, 9.17) is 20.8 Å². The molecule has 0 aliphatic heterocycles. The SMILES string of the molecule is CCc1cccc(Oc2nc(CCl)co2)c1. The van der Waals surface area contributed by atoms with Gasteiger partial charge in [-0.1, -0.05) is 19.1 Å². The van der Waals surface area contributed by atoms with Crippen LogP contribution >= 0.6 is 11.6 Å². The molecular weight excluding hydrogens is 226 g/mol. The second kappa shape index (κ2) is 5.03. The Morgan fingerprint density at radius 3 is 3.00 bits per heavy atom. The molecule has 84 valence electrons. The highest BCUT2D eigenvalue weighted by Crippen LogP contribution is 2.22. The van der Waals surface area contributed by atoms with Gasteiger partial charge in [0.1, 0.15) is 12.0 Å². The summed E-state index contributed by atoms with van der Waals surface area (Å²) in [5.41, 5.74) is 1.88. The monoisotopic (exact) mass is 237 g/mol. The molecule has 0 saturated heterocycles. The van der Waals surface area contributed by atoms with Gasteiger partial charge in [0, 0.05) is 0 Å². The Balaban J connectivity index is 2.13. The second-order valence-corrected chi connectivity index (χ2v) is 3.61. The molecule has 0 fully saturated rings. The van der Waals surface area contributed by atoms with E-state index >= 15 is 0 Å². The number of hydrogen-bond donors (Lipinski definition) is 0. The minimum atomic E-state index is 0.226. The quantitative estimate of drug-likeness (QED) is 0.760. The minimum absolute atomic E-state index is 0.226. The van der Waals surface area contributed by atoms with Crippen molar-refractivity contribution in [2.24, 2.45) is 0 Å². The lowest BCUT2D eigenvalue weighted by Gasteiger charge is -2.02. The maximum atomic E-state index is 5.61. The summed E-state index contributed by atoms with van der Waals surface area (Å²) in [7, 11) is 0. The van der Waals surface area contributed by atoms with Gasteiger partial charge in [0.25, 0.3) is 0 Å². The van der Waals surface area contributed by atoms with Gasteiger partial charge in [-0.15, -0.1) is 11.6 Å². The Bertz CT molecular complexity index is 468. The summed E-state index contributed by atoms with van der Waals surface area (Å²) >= 11 is 5.61. The molecule has 0 spiro atoms. The molecule has 0 bridgehead atoms. The van der Waals surface area contributed by atoms with Gasteiger partial charge in [-0.25, -0.2) is 0 Å². The highest BCUT2D eigenvalue weighted by atomic mass is 35.5. The van der Waals surface area contributed by atoms with Gasteiger partial charge in [-0.2, -0.15) is 4.98 Å². The van der Waals surface area contributed by atoms with Crippen molar-refractivity contribution in [1.82, 2.24) is 4.98 Å². The summed E-state index contributed by atoms with van der Waals surface area (Å²) in [5, 5.41) is 0. The number of halogens is 1. The van der Waals surface area contributed by atoms with Crippen molar-refractivity contribution in [1.29, 1.82) is 0 Å².